The molecule has 4 rings (SSSR count). The molecule has 3 N–H and O–H groups in total. The largest absolute Gasteiger partial charge is 0.464 e. The fraction of sp³-hybridized carbons (Fsp3) is 0.400. The second kappa shape index (κ2) is 4.72. The number of nitrogens with zero attached hydrogens (tertiary/aromatic N) is 4. The number of furan rings is 1. The number of rotatable bonds is 4. The van der Waals surface area contributed by atoms with Gasteiger partial charge in [0.25, 0.3) is 0 Å². The van der Waals surface area contributed by atoms with Crippen LogP contribution < -0.4 is 11.1 Å². The fourth-order valence-corrected chi connectivity index (χ4v) is 2.75. The molecule has 0 aliphatic heterocycles. The molecule has 2 atom stereocenters. The third kappa shape index (κ3) is 2.18. The van der Waals surface area contributed by atoms with Gasteiger partial charge in [-0.05, 0) is 24.5 Å². The summed E-state index contributed by atoms with van der Waals surface area (Å²) in [6.45, 7) is 2.80. The van der Waals surface area contributed by atoms with E-state index in [-0.39, 0.29) is 5.95 Å². The summed E-state index contributed by atoms with van der Waals surface area (Å²) < 4.78 is 7.57. The van der Waals surface area contributed by atoms with Gasteiger partial charge in [-0.1, -0.05) is 6.92 Å². The van der Waals surface area contributed by atoms with Crippen LogP contribution in [0.25, 0.3) is 11.0 Å². The third-order valence-electron chi connectivity index (χ3n) is 4.20. The minimum atomic E-state index is 0.227. The van der Waals surface area contributed by atoms with Crippen molar-refractivity contribution in [3.63, 3.8) is 0 Å². The lowest BCUT2D eigenvalue weighted by molar-refractivity contribution is 0.468. The normalized spacial score (nSPS) is 20.5. The van der Waals surface area contributed by atoms with Crippen LogP contribution in [0.15, 0.2) is 22.7 Å². The van der Waals surface area contributed by atoms with Gasteiger partial charge < -0.3 is 15.5 Å². The molecule has 1 fully saturated rings. The van der Waals surface area contributed by atoms with Crippen molar-refractivity contribution in [3.8, 4) is 0 Å². The lowest BCUT2D eigenvalue weighted by Crippen LogP contribution is -2.05. The monoisotopic (exact) mass is 298 g/mol. The van der Waals surface area contributed by atoms with E-state index in [1.807, 2.05) is 13.1 Å². The van der Waals surface area contributed by atoms with Crippen LogP contribution in [0.1, 0.15) is 30.8 Å². The first-order valence-electron chi connectivity index (χ1n) is 7.39. The number of hydrogen-bond acceptors (Lipinski definition) is 6. The maximum Gasteiger partial charge on any atom is 0.224 e. The average Bonchev–Trinajstić information content (AvgIpc) is 2.90. The van der Waals surface area contributed by atoms with Crippen LogP contribution >= 0.6 is 0 Å². The fourth-order valence-electron chi connectivity index (χ4n) is 2.75. The molecule has 22 heavy (non-hydrogen) atoms. The zero-order chi connectivity index (χ0) is 15.3. The van der Waals surface area contributed by atoms with E-state index in [0.717, 1.165) is 22.8 Å². The van der Waals surface area contributed by atoms with Crippen molar-refractivity contribution in [2.24, 2.45) is 13.0 Å². The van der Waals surface area contributed by atoms with Gasteiger partial charge in [-0.25, -0.2) is 0 Å². The number of nitrogen functional groups attached to an aromatic ring is 1. The van der Waals surface area contributed by atoms with E-state index in [1.54, 1.807) is 10.9 Å². The molecule has 0 bridgehead atoms. The molecule has 0 radical (unpaired) electrons. The van der Waals surface area contributed by atoms with Gasteiger partial charge in [-0.15, -0.1) is 0 Å². The van der Waals surface area contributed by atoms with E-state index in [9.17, 15) is 0 Å². The van der Waals surface area contributed by atoms with Crippen LogP contribution in [0.5, 0.6) is 0 Å². The first-order chi connectivity index (χ1) is 10.6. The first-order valence-corrected chi connectivity index (χ1v) is 7.39. The quantitative estimate of drug-likeness (QED) is 0.767. The molecular weight excluding hydrogens is 280 g/mol. The van der Waals surface area contributed by atoms with E-state index in [1.165, 1.54) is 6.42 Å². The summed E-state index contributed by atoms with van der Waals surface area (Å²) >= 11 is 0. The Bertz CT molecular complexity index is 836. The highest BCUT2D eigenvalue weighted by Gasteiger charge is 2.36. The Kier molecular flexibility index (Phi) is 2.82. The SMILES string of the molecule is CC1CC1c1ccc(CNc2nc(N)nc3c2cnn3C)o1. The number of fused-ring (bicyclic) bond motifs is 1. The number of aryl methyl sites for hydroxylation is 1. The number of nitrogens with one attached hydrogen (secondary N) is 1. The highest BCUT2D eigenvalue weighted by atomic mass is 16.3. The molecule has 1 aliphatic rings. The summed E-state index contributed by atoms with van der Waals surface area (Å²) in [5.41, 5.74) is 6.47. The molecule has 3 aromatic rings. The van der Waals surface area contributed by atoms with Gasteiger partial charge in [0.15, 0.2) is 5.65 Å². The zero-order valence-electron chi connectivity index (χ0n) is 12.6. The summed E-state index contributed by atoms with van der Waals surface area (Å²) in [5.74, 6) is 4.21. The van der Waals surface area contributed by atoms with Gasteiger partial charge in [0.2, 0.25) is 5.95 Å². The molecule has 3 aromatic heterocycles. The topological polar surface area (TPSA) is 94.8 Å². The summed E-state index contributed by atoms with van der Waals surface area (Å²) in [5, 5.41) is 8.30. The standard InChI is InChI=1S/C15H18N6O/c1-8-5-10(8)12-4-3-9(22-12)6-17-13-11-7-18-21(2)14(11)20-15(16)19-13/h3-4,7-8,10H,5-6H2,1-2H3,(H3,16,17,19,20). The number of anilines is 2. The Morgan fingerprint density at radius 1 is 1.41 bits per heavy atom. The molecule has 0 amide bonds. The summed E-state index contributed by atoms with van der Waals surface area (Å²) in [6, 6.07) is 4.08. The van der Waals surface area contributed by atoms with Crippen molar-refractivity contribution >= 4 is 22.8 Å². The molecule has 114 valence electrons. The van der Waals surface area contributed by atoms with Crippen LogP contribution in [-0.4, -0.2) is 19.7 Å². The van der Waals surface area contributed by atoms with Gasteiger partial charge in [0.1, 0.15) is 17.3 Å². The Hall–Kier alpha value is -2.57. The van der Waals surface area contributed by atoms with E-state index < -0.39 is 0 Å². The maximum absolute atomic E-state index is 5.89. The van der Waals surface area contributed by atoms with Crippen LogP contribution in [0.3, 0.4) is 0 Å². The Morgan fingerprint density at radius 2 is 2.23 bits per heavy atom. The van der Waals surface area contributed by atoms with Crippen molar-refractivity contribution < 1.29 is 4.42 Å². The van der Waals surface area contributed by atoms with Crippen molar-refractivity contribution in [1.82, 2.24) is 19.7 Å². The maximum atomic E-state index is 5.89. The van der Waals surface area contributed by atoms with Crippen molar-refractivity contribution in [2.75, 3.05) is 11.1 Å². The first kappa shape index (κ1) is 13.1. The molecule has 3 heterocycles. The second-order valence-corrected chi connectivity index (χ2v) is 5.91. The van der Waals surface area contributed by atoms with Gasteiger partial charge in [-0.3, -0.25) is 4.68 Å². The molecule has 1 saturated carbocycles. The molecule has 2 unspecified atom stereocenters. The predicted molar refractivity (Wildman–Crippen MR) is 83.3 cm³/mol. The van der Waals surface area contributed by atoms with Crippen LogP contribution in [0.2, 0.25) is 0 Å². The van der Waals surface area contributed by atoms with Gasteiger partial charge >= 0.3 is 0 Å². The third-order valence-corrected chi connectivity index (χ3v) is 4.20. The van der Waals surface area contributed by atoms with Crippen molar-refractivity contribution in [2.45, 2.75) is 25.8 Å². The molecule has 0 saturated heterocycles. The summed E-state index contributed by atoms with van der Waals surface area (Å²) in [4.78, 5) is 8.46. The molecule has 7 heteroatoms. The van der Waals surface area contributed by atoms with Gasteiger partial charge in [0.05, 0.1) is 18.1 Å². The average molecular weight is 298 g/mol. The Balaban J connectivity index is 1.55. The number of hydrogen-bond donors (Lipinski definition) is 2. The summed E-state index contributed by atoms with van der Waals surface area (Å²) in [7, 11) is 1.83. The van der Waals surface area contributed by atoms with Crippen LogP contribution in [0.4, 0.5) is 11.8 Å². The number of nitrogens with two attached hydrogens (primary N) is 1. The molecule has 0 aromatic carbocycles. The lowest BCUT2D eigenvalue weighted by Gasteiger charge is -2.06. The van der Waals surface area contributed by atoms with E-state index in [2.05, 4.69) is 33.4 Å². The second-order valence-electron chi connectivity index (χ2n) is 5.91. The Morgan fingerprint density at radius 3 is 3.00 bits per heavy atom. The minimum absolute atomic E-state index is 0.227. The van der Waals surface area contributed by atoms with Crippen molar-refractivity contribution in [1.29, 1.82) is 0 Å². The number of aromatic nitrogens is 4. The lowest BCUT2D eigenvalue weighted by atomic mass is 10.3. The van der Waals surface area contributed by atoms with Crippen molar-refractivity contribution in [3.05, 3.63) is 29.9 Å². The molecule has 7 nitrogen and oxygen atoms in total. The molecule has 0 spiro atoms. The summed E-state index contributed by atoms with van der Waals surface area (Å²) in [6.07, 6.45) is 2.95. The highest BCUT2D eigenvalue weighted by Crippen LogP contribution is 2.47. The van der Waals surface area contributed by atoms with Gasteiger partial charge in [0, 0.05) is 13.0 Å². The Labute approximate surface area is 127 Å². The van der Waals surface area contributed by atoms with Crippen LogP contribution in [-0.2, 0) is 13.6 Å². The van der Waals surface area contributed by atoms with E-state index in [0.29, 0.717) is 23.9 Å². The molecular formula is C15H18N6O. The minimum Gasteiger partial charge on any atom is -0.464 e. The molecule has 1 aliphatic carbocycles. The van der Waals surface area contributed by atoms with E-state index in [4.69, 9.17) is 10.2 Å². The van der Waals surface area contributed by atoms with Gasteiger partial charge in [-0.2, -0.15) is 15.1 Å². The zero-order valence-corrected chi connectivity index (χ0v) is 12.6. The smallest absolute Gasteiger partial charge is 0.224 e. The predicted octanol–water partition coefficient (Wildman–Crippen LogP) is 2.27. The highest BCUT2D eigenvalue weighted by molar-refractivity contribution is 5.87. The van der Waals surface area contributed by atoms with Crippen LogP contribution in [0, 0.1) is 5.92 Å². The van der Waals surface area contributed by atoms with E-state index >= 15 is 0 Å².